The van der Waals surface area contributed by atoms with Crippen molar-refractivity contribution < 1.29 is 4.79 Å². The lowest BCUT2D eigenvalue weighted by Crippen LogP contribution is -2.40. The highest BCUT2D eigenvalue weighted by Crippen LogP contribution is 2.24. The Balaban J connectivity index is 1.89. The summed E-state index contributed by atoms with van der Waals surface area (Å²) in [5.41, 5.74) is 1.40. The first-order valence-corrected chi connectivity index (χ1v) is 9.27. The van der Waals surface area contributed by atoms with Crippen molar-refractivity contribution >= 4 is 29.1 Å². The standard InChI is InChI=1S/C19H21Cl2N3O/c20-15-10-14(11-16(21)12-15)19(25)24(13-17-4-1-2-8-23-17)18-5-3-7-22-9-6-18/h1-2,4,8,10-12,18,22H,3,5-7,9,13H2. The number of nitrogens with zero attached hydrogens (tertiary/aromatic N) is 2. The molecule has 2 aromatic rings. The molecule has 0 spiro atoms. The van der Waals surface area contributed by atoms with Crippen molar-refractivity contribution in [1.29, 1.82) is 0 Å². The van der Waals surface area contributed by atoms with Gasteiger partial charge in [0.1, 0.15) is 0 Å². The van der Waals surface area contributed by atoms with Crippen molar-refractivity contribution in [2.45, 2.75) is 31.8 Å². The molecular formula is C19H21Cl2N3O. The Hall–Kier alpha value is -1.62. The zero-order chi connectivity index (χ0) is 17.6. The van der Waals surface area contributed by atoms with Gasteiger partial charge < -0.3 is 10.2 Å². The predicted octanol–water partition coefficient (Wildman–Crippen LogP) is 4.17. The fourth-order valence-electron chi connectivity index (χ4n) is 3.19. The van der Waals surface area contributed by atoms with Gasteiger partial charge in [0.05, 0.1) is 12.2 Å². The van der Waals surface area contributed by atoms with Gasteiger partial charge >= 0.3 is 0 Å². The Morgan fingerprint density at radius 3 is 2.68 bits per heavy atom. The molecule has 6 heteroatoms. The van der Waals surface area contributed by atoms with Gasteiger partial charge in [0.15, 0.2) is 0 Å². The first kappa shape index (κ1) is 18.2. The van der Waals surface area contributed by atoms with Gasteiger partial charge in [-0.2, -0.15) is 0 Å². The highest BCUT2D eigenvalue weighted by molar-refractivity contribution is 6.35. The molecule has 1 amide bonds. The Labute approximate surface area is 158 Å². The predicted molar refractivity (Wildman–Crippen MR) is 101 cm³/mol. The molecule has 1 aliphatic rings. The maximum absolute atomic E-state index is 13.2. The van der Waals surface area contributed by atoms with E-state index in [-0.39, 0.29) is 11.9 Å². The Morgan fingerprint density at radius 2 is 1.96 bits per heavy atom. The molecule has 132 valence electrons. The SMILES string of the molecule is O=C(c1cc(Cl)cc(Cl)c1)N(Cc1ccccn1)C1CCCNCC1. The molecule has 25 heavy (non-hydrogen) atoms. The second-order valence-corrected chi connectivity index (χ2v) is 7.12. The number of carbonyl (C=O) groups is 1. The number of nitrogens with one attached hydrogen (secondary N) is 1. The van der Waals surface area contributed by atoms with Crippen LogP contribution in [0.1, 0.15) is 35.3 Å². The average molecular weight is 378 g/mol. The number of aromatic nitrogens is 1. The van der Waals surface area contributed by atoms with E-state index in [2.05, 4.69) is 10.3 Å². The molecule has 2 heterocycles. The van der Waals surface area contributed by atoms with Gasteiger partial charge in [-0.3, -0.25) is 9.78 Å². The van der Waals surface area contributed by atoms with Crippen LogP contribution in [-0.2, 0) is 6.54 Å². The van der Waals surface area contributed by atoms with Crippen LogP contribution in [-0.4, -0.2) is 34.9 Å². The van der Waals surface area contributed by atoms with E-state index in [1.165, 1.54) is 0 Å². The van der Waals surface area contributed by atoms with Crippen LogP contribution in [0.4, 0.5) is 0 Å². The third kappa shape index (κ3) is 4.94. The van der Waals surface area contributed by atoms with Gasteiger partial charge in [-0.1, -0.05) is 29.3 Å². The lowest BCUT2D eigenvalue weighted by Gasteiger charge is -2.31. The van der Waals surface area contributed by atoms with E-state index >= 15 is 0 Å². The number of benzene rings is 1. The van der Waals surface area contributed by atoms with E-state index in [0.717, 1.165) is 38.0 Å². The van der Waals surface area contributed by atoms with Crippen molar-refractivity contribution in [2.75, 3.05) is 13.1 Å². The molecule has 4 nitrogen and oxygen atoms in total. The van der Waals surface area contributed by atoms with Crippen LogP contribution in [0.2, 0.25) is 10.0 Å². The minimum Gasteiger partial charge on any atom is -0.330 e. The molecule has 1 atom stereocenters. The van der Waals surface area contributed by atoms with E-state index in [1.807, 2.05) is 23.1 Å². The molecule has 1 aliphatic heterocycles. The molecule has 1 unspecified atom stereocenters. The quantitative estimate of drug-likeness (QED) is 0.869. The van der Waals surface area contributed by atoms with Gasteiger partial charge in [-0.15, -0.1) is 0 Å². The van der Waals surface area contributed by atoms with E-state index in [4.69, 9.17) is 23.2 Å². The van der Waals surface area contributed by atoms with Crippen LogP contribution in [0.25, 0.3) is 0 Å². The van der Waals surface area contributed by atoms with Crippen LogP contribution in [0.5, 0.6) is 0 Å². The summed E-state index contributed by atoms with van der Waals surface area (Å²) in [6.45, 7) is 2.38. The lowest BCUT2D eigenvalue weighted by molar-refractivity contribution is 0.0642. The van der Waals surface area contributed by atoms with Gasteiger partial charge in [0.25, 0.3) is 5.91 Å². The number of pyridine rings is 1. The molecule has 3 rings (SSSR count). The van der Waals surface area contributed by atoms with Crippen molar-refractivity contribution in [3.63, 3.8) is 0 Å². The summed E-state index contributed by atoms with van der Waals surface area (Å²) in [7, 11) is 0. The second-order valence-electron chi connectivity index (χ2n) is 6.25. The molecule has 1 N–H and O–H groups in total. The maximum atomic E-state index is 13.2. The van der Waals surface area contributed by atoms with E-state index in [0.29, 0.717) is 22.2 Å². The third-order valence-electron chi connectivity index (χ3n) is 4.41. The molecule has 0 radical (unpaired) electrons. The highest BCUT2D eigenvalue weighted by Gasteiger charge is 2.26. The number of carbonyl (C=O) groups excluding carboxylic acids is 1. The monoisotopic (exact) mass is 377 g/mol. The first-order valence-electron chi connectivity index (χ1n) is 8.51. The average Bonchev–Trinajstić information content (AvgIpc) is 2.88. The zero-order valence-corrected chi connectivity index (χ0v) is 15.4. The number of amides is 1. The summed E-state index contributed by atoms with van der Waals surface area (Å²) in [6.07, 6.45) is 4.70. The maximum Gasteiger partial charge on any atom is 0.254 e. The van der Waals surface area contributed by atoms with Crippen molar-refractivity contribution in [2.24, 2.45) is 0 Å². The summed E-state index contributed by atoms with van der Waals surface area (Å²) in [5.74, 6) is -0.0537. The number of halogens is 2. The largest absolute Gasteiger partial charge is 0.330 e. The fourth-order valence-corrected chi connectivity index (χ4v) is 3.71. The Bertz CT molecular complexity index is 696. The van der Waals surface area contributed by atoms with Gasteiger partial charge in [-0.05, 0) is 62.7 Å². The van der Waals surface area contributed by atoms with Gasteiger partial charge in [0.2, 0.25) is 0 Å². The number of rotatable bonds is 4. The van der Waals surface area contributed by atoms with Crippen molar-refractivity contribution in [1.82, 2.24) is 15.2 Å². The normalized spacial score (nSPS) is 17.8. The molecule has 1 aromatic heterocycles. The Kier molecular flexibility index (Phi) is 6.29. The zero-order valence-electron chi connectivity index (χ0n) is 13.9. The first-order chi connectivity index (χ1) is 12.1. The van der Waals surface area contributed by atoms with Gasteiger partial charge in [-0.25, -0.2) is 0 Å². The minimum atomic E-state index is -0.0537. The molecular weight excluding hydrogens is 357 g/mol. The summed E-state index contributed by atoms with van der Waals surface area (Å²) in [4.78, 5) is 19.5. The second kappa shape index (κ2) is 8.65. The summed E-state index contributed by atoms with van der Waals surface area (Å²) in [5, 5.41) is 4.33. The molecule has 1 saturated heterocycles. The van der Waals surface area contributed by atoms with Crippen LogP contribution in [0, 0.1) is 0 Å². The number of hydrogen-bond donors (Lipinski definition) is 1. The molecule has 1 aromatic carbocycles. The summed E-state index contributed by atoms with van der Waals surface area (Å²) >= 11 is 12.2. The molecule has 0 aliphatic carbocycles. The minimum absolute atomic E-state index is 0.0537. The van der Waals surface area contributed by atoms with Crippen molar-refractivity contribution in [3.8, 4) is 0 Å². The lowest BCUT2D eigenvalue weighted by atomic mass is 10.0. The smallest absolute Gasteiger partial charge is 0.254 e. The summed E-state index contributed by atoms with van der Waals surface area (Å²) in [6, 6.07) is 10.9. The highest BCUT2D eigenvalue weighted by atomic mass is 35.5. The Morgan fingerprint density at radius 1 is 1.16 bits per heavy atom. The van der Waals surface area contributed by atoms with Gasteiger partial charge in [0, 0.05) is 27.8 Å². The van der Waals surface area contributed by atoms with E-state index in [1.54, 1.807) is 24.4 Å². The topological polar surface area (TPSA) is 45.2 Å². The molecule has 1 fully saturated rings. The molecule has 0 saturated carbocycles. The van der Waals surface area contributed by atoms with E-state index in [9.17, 15) is 4.79 Å². The van der Waals surface area contributed by atoms with Crippen molar-refractivity contribution in [3.05, 3.63) is 63.9 Å². The van der Waals surface area contributed by atoms with Crippen LogP contribution in [0.3, 0.4) is 0 Å². The van der Waals surface area contributed by atoms with Crippen LogP contribution < -0.4 is 5.32 Å². The van der Waals surface area contributed by atoms with E-state index < -0.39 is 0 Å². The third-order valence-corrected chi connectivity index (χ3v) is 4.85. The number of hydrogen-bond acceptors (Lipinski definition) is 3. The summed E-state index contributed by atoms with van der Waals surface area (Å²) < 4.78 is 0. The molecule has 0 bridgehead atoms. The van der Waals surface area contributed by atoms with Crippen LogP contribution >= 0.6 is 23.2 Å². The fraction of sp³-hybridized carbons (Fsp3) is 0.368. The van der Waals surface area contributed by atoms with Crippen LogP contribution in [0.15, 0.2) is 42.6 Å².